The Morgan fingerprint density at radius 3 is 2.47 bits per heavy atom. The van der Waals surface area contributed by atoms with Crippen LogP contribution < -0.4 is 4.90 Å². The van der Waals surface area contributed by atoms with E-state index in [0.717, 1.165) is 26.2 Å². The van der Waals surface area contributed by atoms with E-state index in [0.29, 0.717) is 0 Å². The van der Waals surface area contributed by atoms with Gasteiger partial charge in [-0.2, -0.15) is 0 Å². The van der Waals surface area contributed by atoms with Gasteiger partial charge in [-0.15, -0.1) is 0 Å². The number of hydrogen-bond acceptors (Lipinski definition) is 2. The van der Waals surface area contributed by atoms with Gasteiger partial charge < -0.3 is 14.4 Å². The maximum Gasteiger partial charge on any atom is 0.0498 e. The standard InChI is InChI=1S/C14H19N3/c1-15-7-9-17(10-8-15)13-4-3-12-5-6-16(2)14(12)11-13/h3-6,11H,7-10H2,1-2H3. The third-order valence-corrected chi connectivity index (χ3v) is 3.74. The van der Waals surface area contributed by atoms with Crippen molar-refractivity contribution in [2.24, 2.45) is 7.05 Å². The van der Waals surface area contributed by atoms with Crippen molar-refractivity contribution < 1.29 is 0 Å². The molecule has 0 N–H and O–H groups in total. The molecule has 0 amide bonds. The average molecular weight is 229 g/mol. The van der Waals surface area contributed by atoms with Crippen molar-refractivity contribution in [2.45, 2.75) is 0 Å². The molecule has 2 heterocycles. The second-order valence-electron chi connectivity index (χ2n) is 4.96. The largest absolute Gasteiger partial charge is 0.369 e. The number of rotatable bonds is 1. The second-order valence-corrected chi connectivity index (χ2v) is 4.96. The highest BCUT2D eigenvalue weighted by Crippen LogP contribution is 2.23. The average Bonchev–Trinajstić information content (AvgIpc) is 2.72. The van der Waals surface area contributed by atoms with E-state index in [1.165, 1.54) is 16.6 Å². The SMILES string of the molecule is CN1CCN(c2ccc3ccn(C)c3c2)CC1. The van der Waals surface area contributed by atoms with E-state index in [2.05, 4.69) is 58.9 Å². The van der Waals surface area contributed by atoms with Crippen LogP contribution in [0, 0.1) is 0 Å². The molecule has 0 radical (unpaired) electrons. The van der Waals surface area contributed by atoms with Gasteiger partial charge in [0, 0.05) is 50.6 Å². The summed E-state index contributed by atoms with van der Waals surface area (Å²) in [6, 6.07) is 8.94. The number of piperazine rings is 1. The Morgan fingerprint density at radius 1 is 0.941 bits per heavy atom. The molecule has 0 bridgehead atoms. The summed E-state index contributed by atoms with van der Waals surface area (Å²) in [5.74, 6) is 0. The zero-order chi connectivity index (χ0) is 11.8. The van der Waals surface area contributed by atoms with Gasteiger partial charge in [0.15, 0.2) is 0 Å². The predicted octanol–water partition coefficient (Wildman–Crippen LogP) is 1.93. The number of hydrogen-bond donors (Lipinski definition) is 0. The number of anilines is 1. The lowest BCUT2D eigenvalue weighted by atomic mass is 10.2. The number of aryl methyl sites for hydroxylation is 1. The lowest BCUT2D eigenvalue weighted by Gasteiger charge is -2.34. The molecule has 1 saturated heterocycles. The van der Waals surface area contributed by atoms with Crippen molar-refractivity contribution in [3.05, 3.63) is 30.5 Å². The minimum Gasteiger partial charge on any atom is -0.369 e. The van der Waals surface area contributed by atoms with Crippen LogP contribution in [0.15, 0.2) is 30.5 Å². The van der Waals surface area contributed by atoms with Crippen molar-refractivity contribution >= 4 is 16.6 Å². The Hall–Kier alpha value is -1.48. The molecule has 3 nitrogen and oxygen atoms in total. The van der Waals surface area contributed by atoms with Gasteiger partial charge in [-0.1, -0.05) is 6.07 Å². The first-order chi connectivity index (χ1) is 8.24. The highest BCUT2D eigenvalue weighted by Gasteiger charge is 2.14. The molecule has 2 aromatic rings. The monoisotopic (exact) mass is 229 g/mol. The number of likely N-dealkylation sites (N-methyl/N-ethyl adjacent to an activating group) is 1. The third-order valence-electron chi connectivity index (χ3n) is 3.74. The summed E-state index contributed by atoms with van der Waals surface area (Å²) in [5.41, 5.74) is 2.67. The quantitative estimate of drug-likeness (QED) is 0.740. The predicted molar refractivity (Wildman–Crippen MR) is 72.6 cm³/mol. The number of aromatic nitrogens is 1. The summed E-state index contributed by atoms with van der Waals surface area (Å²) in [5, 5.41) is 1.32. The first-order valence-electron chi connectivity index (χ1n) is 6.22. The van der Waals surface area contributed by atoms with Crippen molar-refractivity contribution in [3.8, 4) is 0 Å². The van der Waals surface area contributed by atoms with Gasteiger partial charge >= 0.3 is 0 Å². The van der Waals surface area contributed by atoms with E-state index in [1.807, 2.05) is 0 Å². The van der Waals surface area contributed by atoms with Crippen molar-refractivity contribution in [1.82, 2.24) is 9.47 Å². The van der Waals surface area contributed by atoms with Gasteiger partial charge in [0.25, 0.3) is 0 Å². The topological polar surface area (TPSA) is 11.4 Å². The maximum atomic E-state index is 2.48. The van der Waals surface area contributed by atoms with Crippen LogP contribution in [0.3, 0.4) is 0 Å². The third kappa shape index (κ3) is 1.91. The Morgan fingerprint density at radius 2 is 1.71 bits per heavy atom. The number of benzene rings is 1. The van der Waals surface area contributed by atoms with Gasteiger partial charge in [-0.05, 0) is 30.6 Å². The molecule has 0 saturated carbocycles. The minimum atomic E-state index is 1.13. The summed E-state index contributed by atoms with van der Waals surface area (Å²) in [4.78, 5) is 4.87. The molecule has 3 heteroatoms. The molecule has 1 aromatic carbocycles. The molecular formula is C14H19N3. The van der Waals surface area contributed by atoms with Crippen LogP contribution in [0.1, 0.15) is 0 Å². The first kappa shape index (κ1) is 10.7. The van der Waals surface area contributed by atoms with Crippen molar-refractivity contribution in [3.63, 3.8) is 0 Å². The molecule has 90 valence electrons. The Labute approximate surface area is 102 Å². The highest BCUT2D eigenvalue weighted by molar-refractivity contribution is 5.83. The fourth-order valence-corrected chi connectivity index (χ4v) is 2.51. The Balaban J connectivity index is 1.92. The number of nitrogens with zero attached hydrogens (tertiary/aromatic N) is 3. The van der Waals surface area contributed by atoms with Crippen LogP contribution in [0.5, 0.6) is 0 Å². The van der Waals surface area contributed by atoms with Crippen LogP contribution in [0.25, 0.3) is 10.9 Å². The lowest BCUT2D eigenvalue weighted by molar-refractivity contribution is 0.313. The maximum absolute atomic E-state index is 2.48. The Bertz CT molecular complexity index is 521. The number of fused-ring (bicyclic) bond motifs is 1. The molecular weight excluding hydrogens is 210 g/mol. The van der Waals surface area contributed by atoms with Gasteiger partial charge in [0.05, 0.1) is 0 Å². The minimum absolute atomic E-state index is 1.13. The van der Waals surface area contributed by atoms with E-state index < -0.39 is 0 Å². The summed E-state index contributed by atoms with van der Waals surface area (Å²) >= 11 is 0. The molecule has 0 spiro atoms. The van der Waals surface area contributed by atoms with Gasteiger partial charge in [-0.25, -0.2) is 0 Å². The van der Waals surface area contributed by atoms with E-state index in [4.69, 9.17) is 0 Å². The van der Waals surface area contributed by atoms with Crippen molar-refractivity contribution in [2.75, 3.05) is 38.1 Å². The van der Waals surface area contributed by atoms with Crippen LogP contribution >= 0.6 is 0 Å². The second kappa shape index (κ2) is 4.08. The molecule has 1 aliphatic heterocycles. The molecule has 0 aliphatic carbocycles. The molecule has 1 aliphatic rings. The molecule has 1 aromatic heterocycles. The fraction of sp³-hybridized carbons (Fsp3) is 0.429. The lowest BCUT2D eigenvalue weighted by Crippen LogP contribution is -2.44. The van der Waals surface area contributed by atoms with E-state index >= 15 is 0 Å². The zero-order valence-electron chi connectivity index (χ0n) is 10.6. The van der Waals surface area contributed by atoms with E-state index in [1.54, 1.807) is 0 Å². The molecule has 1 fully saturated rings. The zero-order valence-corrected chi connectivity index (χ0v) is 10.6. The van der Waals surface area contributed by atoms with E-state index in [9.17, 15) is 0 Å². The summed E-state index contributed by atoms with van der Waals surface area (Å²) in [6.07, 6.45) is 2.12. The van der Waals surface area contributed by atoms with Crippen molar-refractivity contribution in [1.29, 1.82) is 0 Å². The summed E-state index contributed by atoms with van der Waals surface area (Å²) in [6.45, 7) is 4.58. The van der Waals surface area contributed by atoms with Crippen LogP contribution in [0.2, 0.25) is 0 Å². The van der Waals surface area contributed by atoms with Gasteiger partial charge in [0.1, 0.15) is 0 Å². The van der Waals surface area contributed by atoms with Gasteiger partial charge in [-0.3, -0.25) is 0 Å². The molecule has 0 atom stereocenters. The first-order valence-corrected chi connectivity index (χ1v) is 6.22. The van der Waals surface area contributed by atoms with Crippen LogP contribution in [-0.4, -0.2) is 42.7 Å². The smallest absolute Gasteiger partial charge is 0.0498 e. The normalized spacial score (nSPS) is 17.9. The highest BCUT2D eigenvalue weighted by atomic mass is 15.2. The van der Waals surface area contributed by atoms with Gasteiger partial charge in [0.2, 0.25) is 0 Å². The van der Waals surface area contributed by atoms with Crippen LogP contribution in [-0.2, 0) is 7.05 Å². The molecule has 3 rings (SSSR count). The summed E-state index contributed by atoms with van der Waals surface area (Å²) < 4.78 is 2.19. The Kier molecular flexibility index (Phi) is 2.56. The molecule has 17 heavy (non-hydrogen) atoms. The molecule has 0 unspecified atom stereocenters. The van der Waals surface area contributed by atoms with E-state index in [-0.39, 0.29) is 0 Å². The van der Waals surface area contributed by atoms with Crippen LogP contribution in [0.4, 0.5) is 5.69 Å². The summed E-state index contributed by atoms with van der Waals surface area (Å²) in [7, 11) is 4.30. The fourth-order valence-electron chi connectivity index (χ4n) is 2.51.